The zero-order valence-corrected chi connectivity index (χ0v) is 10.4. The van der Waals surface area contributed by atoms with E-state index < -0.39 is 9.84 Å². The standard InChI is InChI=1S/C12H17NO2S/c1-8(13)6-10-4-3-5-11-7-9(2)16(14,15)12(10)11/h3-5,8-9H,6-7,13H2,1-2H3. The smallest absolute Gasteiger partial charge is 0.181 e. The quantitative estimate of drug-likeness (QED) is 0.846. The van der Waals surface area contributed by atoms with Crippen molar-refractivity contribution in [2.24, 2.45) is 5.73 Å². The van der Waals surface area contributed by atoms with Gasteiger partial charge in [-0.25, -0.2) is 8.42 Å². The van der Waals surface area contributed by atoms with Gasteiger partial charge in [0.25, 0.3) is 0 Å². The molecule has 0 spiro atoms. The number of nitrogens with two attached hydrogens (primary N) is 1. The Labute approximate surface area is 96.6 Å². The maximum atomic E-state index is 12.1. The Morgan fingerprint density at radius 3 is 2.81 bits per heavy atom. The number of rotatable bonds is 2. The number of benzene rings is 1. The summed E-state index contributed by atoms with van der Waals surface area (Å²) >= 11 is 0. The molecule has 1 heterocycles. The highest BCUT2D eigenvalue weighted by Crippen LogP contribution is 2.34. The third kappa shape index (κ3) is 1.76. The summed E-state index contributed by atoms with van der Waals surface area (Å²) in [6, 6.07) is 5.68. The molecule has 0 bridgehead atoms. The molecule has 1 aliphatic rings. The number of sulfone groups is 1. The number of fused-ring (bicyclic) bond motifs is 1. The lowest BCUT2D eigenvalue weighted by molar-refractivity contribution is 0.589. The summed E-state index contributed by atoms with van der Waals surface area (Å²) in [7, 11) is -3.12. The molecule has 0 aliphatic carbocycles. The van der Waals surface area contributed by atoms with E-state index in [0.717, 1.165) is 11.1 Å². The molecule has 0 saturated heterocycles. The van der Waals surface area contributed by atoms with Crippen molar-refractivity contribution in [2.45, 2.75) is 42.9 Å². The summed E-state index contributed by atoms with van der Waals surface area (Å²) in [5, 5.41) is -0.295. The van der Waals surface area contributed by atoms with Crippen molar-refractivity contribution in [3.63, 3.8) is 0 Å². The molecule has 0 aromatic heterocycles. The number of hydrogen-bond acceptors (Lipinski definition) is 3. The van der Waals surface area contributed by atoms with Gasteiger partial charge in [0.1, 0.15) is 0 Å². The van der Waals surface area contributed by atoms with Crippen LogP contribution in [0, 0.1) is 0 Å². The highest BCUT2D eigenvalue weighted by molar-refractivity contribution is 7.92. The van der Waals surface area contributed by atoms with Gasteiger partial charge < -0.3 is 5.73 Å². The molecular formula is C12H17NO2S. The first-order chi connectivity index (χ1) is 7.43. The van der Waals surface area contributed by atoms with Crippen LogP contribution >= 0.6 is 0 Å². The molecule has 2 atom stereocenters. The van der Waals surface area contributed by atoms with Gasteiger partial charge in [-0.2, -0.15) is 0 Å². The summed E-state index contributed by atoms with van der Waals surface area (Å²) in [5.74, 6) is 0. The summed E-state index contributed by atoms with van der Waals surface area (Å²) < 4.78 is 24.3. The maximum Gasteiger partial charge on any atom is 0.181 e. The van der Waals surface area contributed by atoms with Crippen LogP contribution in [0.25, 0.3) is 0 Å². The van der Waals surface area contributed by atoms with E-state index in [-0.39, 0.29) is 11.3 Å². The van der Waals surface area contributed by atoms with Crippen LogP contribution in [0.15, 0.2) is 23.1 Å². The van der Waals surface area contributed by atoms with E-state index in [0.29, 0.717) is 17.7 Å². The molecule has 2 unspecified atom stereocenters. The van der Waals surface area contributed by atoms with Gasteiger partial charge in [-0.15, -0.1) is 0 Å². The van der Waals surface area contributed by atoms with Crippen LogP contribution in [-0.4, -0.2) is 19.7 Å². The predicted molar refractivity (Wildman–Crippen MR) is 64.1 cm³/mol. The Balaban J connectivity index is 2.57. The second-order valence-corrected chi connectivity index (χ2v) is 6.95. The molecule has 0 fully saturated rings. The summed E-state index contributed by atoms with van der Waals surface area (Å²) in [5.41, 5.74) is 7.57. The highest BCUT2D eigenvalue weighted by Gasteiger charge is 2.35. The lowest BCUT2D eigenvalue weighted by Gasteiger charge is -2.10. The van der Waals surface area contributed by atoms with Crippen molar-refractivity contribution >= 4 is 9.84 Å². The van der Waals surface area contributed by atoms with Crippen molar-refractivity contribution < 1.29 is 8.42 Å². The molecule has 2 rings (SSSR count). The third-order valence-corrected chi connectivity index (χ3v) is 5.36. The SMILES string of the molecule is CC(N)Cc1cccc2c1S(=O)(=O)C(C)C2. The van der Waals surface area contributed by atoms with Crippen molar-refractivity contribution in [3.8, 4) is 0 Å². The molecule has 88 valence electrons. The van der Waals surface area contributed by atoms with E-state index in [1.807, 2.05) is 25.1 Å². The van der Waals surface area contributed by atoms with E-state index in [1.54, 1.807) is 6.92 Å². The van der Waals surface area contributed by atoms with Gasteiger partial charge in [-0.1, -0.05) is 18.2 Å². The maximum absolute atomic E-state index is 12.1. The van der Waals surface area contributed by atoms with Crippen LogP contribution in [0.4, 0.5) is 0 Å². The van der Waals surface area contributed by atoms with Crippen molar-refractivity contribution in [1.82, 2.24) is 0 Å². The van der Waals surface area contributed by atoms with Gasteiger partial charge >= 0.3 is 0 Å². The van der Waals surface area contributed by atoms with Gasteiger partial charge in [-0.05, 0) is 37.8 Å². The van der Waals surface area contributed by atoms with Gasteiger partial charge in [0.2, 0.25) is 0 Å². The van der Waals surface area contributed by atoms with Crippen LogP contribution in [0.3, 0.4) is 0 Å². The normalized spacial score (nSPS) is 24.1. The fraction of sp³-hybridized carbons (Fsp3) is 0.500. The van der Waals surface area contributed by atoms with Crippen LogP contribution < -0.4 is 5.73 Å². The minimum absolute atomic E-state index is 0.0161. The van der Waals surface area contributed by atoms with E-state index in [9.17, 15) is 8.42 Å². The molecule has 2 N–H and O–H groups in total. The van der Waals surface area contributed by atoms with Crippen molar-refractivity contribution in [1.29, 1.82) is 0 Å². The fourth-order valence-electron chi connectivity index (χ4n) is 2.29. The first-order valence-electron chi connectivity index (χ1n) is 5.53. The first-order valence-corrected chi connectivity index (χ1v) is 7.08. The lowest BCUT2D eigenvalue weighted by Crippen LogP contribution is -2.20. The Morgan fingerprint density at radius 1 is 1.50 bits per heavy atom. The lowest BCUT2D eigenvalue weighted by atomic mass is 10.0. The molecule has 0 amide bonds. The molecule has 1 aromatic carbocycles. The Bertz CT molecular complexity index is 506. The van der Waals surface area contributed by atoms with Gasteiger partial charge in [0.05, 0.1) is 10.1 Å². The fourth-order valence-corrected chi connectivity index (χ4v) is 4.13. The van der Waals surface area contributed by atoms with E-state index in [1.165, 1.54) is 0 Å². The van der Waals surface area contributed by atoms with Crippen LogP contribution in [0.5, 0.6) is 0 Å². The molecular weight excluding hydrogens is 222 g/mol. The van der Waals surface area contributed by atoms with E-state index in [4.69, 9.17) is 5.73 Å². The van der Waals surface area contributed by atoms with Crippen LogP contribution in [0.1, 0.15) is 25.0 Å². The highest BCUT2D eigenvalue weighted by atomic mass is 32.2. The topological polar surface area (TPSA) is 60.2 Å². The van der Waals surface area contributed by atoms with Gasteiger partial charge in [0, 0.05) is 6.04 Å². The van der Waals surface area contributed by atoms with Crippen molar-refractivity contribution in [2.75, 3.05) is 0 Å². The van der Waals surface area contributed by atoms with Crippen LogP contribution in [0.2, 0.25) is 0 Å². The zero-order chi connectivity index (χ0) is 11.9. The van der Waals surface area contributed by atoms with Gasteiger partial charge in [-0.3, -0.25) is 0 Å². The summed E-state index contributed by atoms with van der Waals surface area (Å²) in [6.45, 7) is 3.66. The molecule has 16 heavy (non-hydrogen) atoms. The minimum Gasteiger partial charge on any atom is -0.328 e. The predicted octanol–water partition coefficient (Wildman–Crippen LogP) is 1.29. The Kier molecular flexibility index (Phi) is 2.80. The number of hydrogen-bond donors (Lipinski definition) is 1. The monoisotopic (exact) mass is 239 g/mol. The average Bonchev–Trinajstić information content (AvgIpc) is 2.38. The minimum atomic E-state index is -3.12. The zero-order valence-electron chi connectivity index (χ0n) is 9.60. The third-order valence-electron chi connectivity index (χ3n) is 3.04. The average molecular weight is 239 g/mol. The van der Waals surface area contributed by atoms with E-state index in [2.05, 4.69) is 0 Å². The largest absolute Gasteiger partial charge is 0.328 e. The first kappa shape index (κ1) is 11.6. The second-order valence-electron chi connectivity index (χ2n) is 4.65. The van der Waals surface area contributed by atoms with Crippen LogP contribution in [-0.2, 0) is 22.7 Å². The van der Waals surface area contributed by atoms with Gasteiger partial charge in [0.15, 0.2) is 9.84 Å². The molecule has 1 aliphatic heterocycles. The Hall–Kier alpha value is -0.870. The molecule has 0 radical (unpaired) electrons. The summed E-state index contributed by atoms with van der Waals surface area (Å²) in [6.07, 6.45) is 1.25. The second kappa shape index (κ2) is 3.86. The summed E-state index contributed by atoms with van der Waals surface area (Å²) in [4.78, 5) is 0.541. The molecule has 4 heteroatoms. The molecule has 0 saturated carbocycles. The molecule has 3 nitrogen and oxygen atoms in total. The van der Waals surface area contributed by atoms with E-state index >= 15 is 0 Å². The molecule has 1 aromatic rings. The van der Waals surface area contributed by atoms with Crippen molar-refractivity contribution in [3.05, 3.63) is 29.3 Å². The Morgan fingerprint density at radius 2 is 2.19 bits per heavy atom.